The summed E-state index contributed by atoms with van der Waals surface area (Å²) in [4.78, 5) is 7.50. The average molecular weight is 441 g/mol. The molecule has 0 aliphatic carbocycles. The number of rotatable bonds is 10. The molecule has 0 spiro atoms. The molecule has 0 bridgehead atoms. The zero-order chi connectivity index (χ0) is 22.9. The number of aryl methyl sites for hydroxylation is 2. The third-order valence-electron chi connectivity index (χ3n) is 6.31. The second kappa shape index (κ2) is 11.9. The van der Waals surface area contributed by atoms with E-state index in [0.29, 0.717) is 6.54 Å². The van der Waals surface area contributed by atoms with Gasteiger partial charge in [0.05, 0.1) is 25.4 Å². The summed E-state index contributed by atoms with van der Waals surface area (Å²) in [5.74, 6) is 1.79. The standard InChI is InChI=1S/C25H40N6O/c1-6-21-20(22(7-2)30(4)29-21)17-27-25(26-8-3)28-18-23(31-15-11-12-16-31)19-13-9-10-14-24(19)32-5/h9-10,13-14,23H,6-8,11-12,15-18H2,1-5H3,(H2,26,27,28). The molecule has 2 aromatic rings. The smallest absolute Gasteiger partial charge is 0.191 e. The molecule has 0 radical (unpaired) electrons. The number of methoxy groups -OCH3 is 1. The van der Waals surface area contributed by atoms with Gasteiger partial charge in [-0.3, -0.25) is 9.58 Å². The van der Waals surface area contributed by atoms with Gasteiger partial charge in [0.2, 0.25) is 0 Å². The number of nitrogens with zero attached hydrogens (tertiary/aromatic N) is 4. The van der Waals surface area contributed by atoms with Crippen LogP contribution < -0.4 is 15.4 Å². The van der Waals surface area contributed by atoms with Crippen molar-refractivity contribution in [2.24, 2.45) is 12.0 Å². The van der Waals surface area contributed by atoms with Crippen LogP contribution in [0.25, 0.3) is 0 Å². The summed E-state index contributed by atoms with van der Waals surface area (Å²) in [6.45, 7) is 10.9. The molecule has 32 heavy (non-hydrogen) atoms. The number of aromatic nitrogens is 2. The van der Waals surface area contributed by atoms with Crippen LogP contribution in [0.4, 0.5) is 0 Å². The number of para-hydroxylation sites is 1. The Balaban J connectivity index is 1.79. The fraction of sp³-hybridized carbons (Fsp3) is 0.600. The Kier molecular flexibility index (Phi) is 8.97. The van der Waals surface area contributed by atoms with Gasteiger partial charge in [0.25, 0.3) is 0 Å². The van der Waals surface area contributed by atoms with E-state index in [1.807, 2.05) is 17.8 Å². The van der Waals surface area contributed by atoms with Crippen LogP contribution in [-0.4, -0.2) is 53.9 Å². The van der Waals surface area contributed by atoms with Gasteiger partial charge in [0.15, 0.2) is 5.96 Å². The highest BCUT2D eigenvalue weighted by molar-refractivity contribution is 5.79. The second-order valence-corrected chi connectivity index (χ2v) is 8.28. The van der Waals surface area contributed by atoms with E-state index in [1.165, 1.54) is 29.7 Å². The SMILES string of the molecule is CCNC(=NCc1c(CC)nn(C)c1CC)NCC(c1ccccc1OC)N1CCCC1. The second-order valence-electron chi connectivity index (χ2n) is 8.28. The Labute approximate surface area is 193 Å². The molecule has 3 rings (SSSR count). The van der Waals surface area contributed by atoms with Crippen LogP contribution in [0.15, 0.2) is 29.3 Å². The molecule has 1 aromatic heterocycles. The summed E-state index contributed by atoms with van der Waals surface area (Å²) in [7, 11) is 3.78. The molecule has 0 saturated carbocycles. The molecular weight excluding hydrogens is 400 g/mol. The summed E-state index contributed by atoms with van der Waals surface area (Å²) in [5, 5.41) is 11.7. The zero-order valence-electron chi connectivity index (χ0n) is 20.4. The minimum absolute atomic E-state index is 0.244. The number of aliphatic imine (C=N–C) groups is 1. The lowest BCUT2D eigenvalue weighted by molar-refractivity contribution is 0.239. The lowest BCUT2D eigenvalue weighted by Crippen LogP contribution is -2.42. The van der Waals surface area contributed by atoms with Gasteiger partial charge in [-0.05, 0) is 51.8 Å². The van der Waals surface area contributed by atoms with Crippen molar-refractivity contribution in [3.8, 4) is 5.75 Å². The Hall–Kier alpha value is -2.54. The predicted octanol–water partition coefficient (Wildman–Crippen LogP) is 3.45. The van der Waals surface area contributed by atoms with Crippen LogP contribution in [0.3, 0.4) is 0 Å². The van der Waals surface area contributed by atoms with E-state index in [4.69, 9.17) is 14.8 Å². The van der Waals surface area contributed by atoms with Gasteiger partial charge in [-0.1, -0.05) is 32.0 Å². The van der Waals surface area contributed by atoms with Crippen molar-refractivity contribution in [3.05, 3.63) is 46.8 Å². The Morgan fingerprint density at radius 1 is 1.12 bits per heavy atom. The predicted molar refractivity (Wildman–Crippen MR) is 131 cm³/mol. The fourth-order valence-electron chi connectivity index (χ4n) is 4.70. The first kappa shape index (κ1) is 24.1. The third kappa shape index (κ3) is 5.63. The van der Waals surface area contributed by atoms with E-state index < -0.39 is 0 Å². The highest BCUT2D eigenvalue weighted by Gasteiger charge is 2.26. The molecule has 1 atom stereocenters. The molecule has 2 heterocycles. The van der Waals surface area contributed by atoms with Crippen molar-refractivity contribution in [3.63, 3.8) is 0 Å². The molecule has 7 nitrogen and oxygen atoms in total. The van der Waals surface area contributed by atoms with Gasteiger partial charge in [-0.15, -0.1) is 0 Å². The molecule has 1 aliphatic heterocycles. The van der Waals surface area contributed by atoms with Crippen LogP contribution in [0, 0.1) is 0 Å². The van der Waals surface area contributed by atoms with Crippen LogP contribution in [-0.2, 0) is 26.4 Å². The van der Waals surface area contributed by atoms with E-state index >= 15 is 0 Å². The van der Waals surface area contributed by atoms with E-state index in [1.54, 1.807) is 7.11 Å². The van der Waals surface area contributed by atoms with Crippen LogP contribution in [0.2, 0.25) is 0 Å². The maximum absolute atomic E-state index is 5.69. The normalized spacial score (nSPS) is 15.7. The zero-order valence-corrected chi connectivity index (χ0v) is 20.4. The largest absolute Gasteiger partial charge is 0.496 e. The van der Waals surface area contributed by atoms with Gasteiger partial charge in [0.1, 0.15) is 5.75 Å². The highest BCUT2D eigenvalue weighted by atomic mass is 16.5. The van der Waals surface area contributed by atoms with E-state index in [-0.39, 0.29) is 6.04 Å². The number of hydrogen-bond acceptors (Lipinski definition) is 4. The van der Waals surface area contributed by atoms with Crippen molar-refractivity contribution in [1.82, 2.24) is 25.3 Å². The number of benzene rings is 1. The Morgan fingerprint density at radius 3 is 2.53 bits per heavy atom. The number of guanidine groups is 1. The summed E-state index contributed by atoms with van der Waals surface area (Å²) >= 11 is 0. The minimum Gasteiger partial charge on any atom is -0.496 e. The molecule has 7 heteroatoms. The Morgan fingerprint density at radius 2 is 1.88 bits per heavy atom. The first-order valence-corrected chi connectivity index (χ1v) is 12.1. The minimum atomic E-state index is 0.244. The van der Waals surface area contributed by atoms with Crippen LogP contribution >= 0.6 is 0 Å². The van der Waals surface area contributed by atoms with Gasteiger partial charge in [0, 0.05) is 37.0 Å². The van der Waals surface area contributed by atoms with Crippen molar-refractivity contribution >= 4 is 5.96 Å². The van der Waals surface area contributed by atoms with Crippen LogP contribution in [0.1, 0.15) is 62.2 Å². The molecule has 1 fully saturated rings. The van der Waals surface area contributed by atoms with E-state index in [0.717, 1.165) is 56.4 Å². The third-order valence-corrected chi connectivity index (χ3v) is 6.31. The van der Waals surface area contributed by atoms with E-state index in [9.17, 15) is 0 Å². The lowest BCUT2D eigenvalue weighted by atomic mass is 10.0. The molecule has 176 valence electrons. The van der Waals surface area contributed by atoms with Gasteiger partial charge in [-0.25, -0.2) is 4.99 Å². The molecule has 0 amide bonds. The quantitative estimate of drug-likeness (QED) is 0.438. The van der Waals surface area contributed by atoms with Crippen molar-refractivity contribution < 1.29 is 4.74 Å². The van der Waals surface area contributed by atoms with Gasteiger partial charge in [-0.2, -0.15) is 5.10 Å². The summed E-state index contributed by atoms with van der Waals surface area (Å²) in [6, 6.07) is 8.62. The molecule has 1 saturated heterocycles. The molecule has 1 unspecified atom stereocenters. The monoisotopic (exact) mass is 440 g/mol. The summed E-state index contributed by atoms with van der Waals surface area (Å²) < 4.78 is 7.70. The fourth-order valence-corrected chi connectivity index (χ4v) is 4.70. The molecule has 2 N–H and O–H groups in total. The topological polar surface area (TPSA) is 66.7 Å². The molecular formula is C25H40N6O. The molecule has 1 aliphatic rings. The van der Waals surface area contributed by atoms with E-state index in [2.05, 4.69) is 54.5 Å². The summed E-state index contributed by atoms with van der Waals surface area (Å²) in [5.41, 5.74) is 4.91. The first-order valence-electron chi connectivity index (χ1n) is 12.1. The maximum atomic E-state index is 5.69. The Bertz CT molecular complexity index is 885. The van der Waals surface area contributed by atoms with Crippen LogP contribution in [0.5, 0.6) is 5.75 Å². The number of likely N-dealkylation sites (tertiary alicyclic amines) is 1. The van der Waals surface area contributed by atoms with Gasteiger partial charge < -0.3 is 15.4 Å². The van der Waals surface area contributed by atoms with Crippen molar-refractivity contribution in [2.45, 2.75) is 59.0 Å². The summed E-state index contributed by atoms with van der Waals surface area (Å²) in [6.07, 6.45) is 4.39. The first-order chi connectivity index (χ1) is 15.6. The molecule has 1 aromatic carbocycles. The van der Waals surface area contributed by atoms with Gasteiger partial charge >= 0.3 is 0 Å². The number of ether oxygens (including phenoxy) is 1. The maximum Gasteiger partial charge on any atom is 0.191 e. The average Bonchev–Trinajstić information content (AvgIpc) is 3.45. The van der Waals surface area contributed by atoms with Crippen molar-refractivity contribution in [2.75, 3.05) is 33.3 Å². The van der Waals surface area contributed by atoms with Crippen molar-refractivity contribution in [1.29, 1.82) is 0 Å². The number of hydrogen-bond donors (Lipinski definition) is 2. The lowest BCUT2D eigenvalue weighted by Gasteiger charge is -2.30. The number of nitrogens with one attached hydrogen (secondary N) is 2. The highest BCUT2D eigenvalue weighted by Crippen LogP contribution is 2.31.